The molecule has 0 spiro atoms. The summed E-state index contributed by atoms with van der Waals surface area (Å²) in [4.78, 5) is 9.90. The van der Waals surface area contributed by atoms with Gasteiger partial charge in [0.25, 0.3) is 0 Å². The maximum atomic E-state index is 9.90. The fraction of sp³-hybridized carbons (Fsp3) is 0.625. The fourth-order valence-electron chi connectivity index (χ4n) is 0.702. The number of carbonyl (C=O) groups excluding carboxylic acids is 1. The molecule has 0 saturated heterocycles. The van der Waals surface area contributed by atoms with Crippen molar-refractivity contribution in [2.24, 2.45) is 0 Å². The number of carboxylic acids is 1. The Morgan fingerprint density at radius 2 is 2.25 bits per heavy atom. The molecule has 12 heavy (non-hydrogen) atoms. The van der Waals surface area contributed by atoms with Gasteiger partial charge in [-0.25, -0.2) is 0 Å². The molecule has 3 nitrogen and oxygen atoms in total. The van der Waals surface area contributed by atoms with Gasteiger partial charge in [-0.05, 0) is 26.3 Å². The minimum atomic E-state index is -1.05. The number of carboxylic acid groups (broad SMARTS) is 1. The molecule has 0 saturated carbocycles. The van der Waals surface area contributed by atoms with Crippen molar-refractivity contribution in [3.05, 3.63) is 12.2 Å². The molecule has 0 aliphatic carbocycles. The average Bonchev–Trinajstić information content (AvgIpc) is 1.96. The van der Waals surface area contributed by atoms with E-state index in [2.05, 4.69) is 11.4 Å². The third-order valence-electron chi connectivity index (χ3n) is 1.23. The Morgan fingerprint density at radius 3 is 2.75 bits per heavy atom. The molecule has 0 unspecified atom stereocenters. The van der Waals surface area contributed by atoms with E-state index < -0.39 is 5.97 Å². The van der Waals surface area contributed by atoms with Gasteiger partial charge in [0.05, 0.1) is 5.97 Å². The van der Waals surface area contributed by atoms with Crippen LogP contribution in [0.2, 0.25) is 0 Å². The van der Waals surface area contributed by atoms with Crippen LogP contribution in [0, 0.1) is 0 Å². The third-order valence-corrected chi connectivity index (χ3v) is 1.23. The number of aliphatic carboxylic acids is 1. The van der Waals surface area contributed by atoms with Crippen LogP contribution in [0.4, 0.5) is 0 Å². The van der Waals surface area contributed by atoms with Gasteiger partial charge in [-0.15, -0.1) is 0 Å². The predicted molar refractivity (Wildman–Crippen MR) is 41.9 cm³/mol. The molecule has 4 heteroatoms. The van der Waals surface area contributed by atoms with Crippen molar-refractivity contribution in [1.29, 1.82) is 0 Å². The molecule has 0 heterocycles. The molecular formula is C8H14KNO2. The van der Waals surface area contributed by atoms with Gasteiger partial charge in [0.2, 0.25) is 0 Å². The molecule has 1 N–H and O–H groups in total. The van der Waals surface area contributed by atoms with Gasteiger partial charge in [0.15, 0.2) is 0 Å². The van der Waals surface area contributed by atoms with E-state index in [0.29, 0.717) is 0 Å². The molecule has 0 amide bonds. The minimum Gasteiger partial charge on any atom is -0.549 e. The van der Waals surface area contributed by atoms with Gasteiger partial charge >= 0.3 is 51.4 Å². The first kappa shape index (κ1) is 15.3. The second-order valence-corrected chi connectivity index (χ2v) is 2.26. The maximum Gasteiger partial charge on any atom is 1.00 e. The van der Waals surface area contributed by atoms with E-state index in [1.165, 1.54) is 0 Å². The molecule has 0 radical (unpaired) electrons. The van der Waals surface area contributed by atoms with Crippen LogP contribution in [0.3, 0.4) is 0 Å². The average molecular weight is 195 g/mol. The van der Waals surface area contributed by atoms with Crippen LogP contribution in [-0.4, -0.2) is 19.1 Å². The molecular weight excluding hydrogens is 181 g/mol. The van der Waals surface area contributed by atoms with Gasteiger partial charge in [0.1, 0.15) is 0 Å². The molecule has 0 aromatic heterocycles. The topological polar surface area (TPSA) is 52.2 Å². The van der Waals surface area contributed by atoms with Crippen LogP contribution < -0.4 is 61.8 Å². The van der Waals surface area contributed by atoms with Crippen LogP contribution >= 0.6 is 0 Å². The summed E-state index contributed by atoms with van der Waals surface area (Å²) < 4.78 is 0. The molecule has 0 aliphatic heterocycles. The zero-order valence-electron chi connectivity index (χ0n) is 7.80. The molecule has 0 aromatic rings. The van der Waals surface area contributed by atoms with Crippen LogP contribution in [0.15, 0.2) is 12.2 Å². The van der Waals surface area contributed by atoms with Crippen molar-refractivity contribution < 1.29 is 61.3 Å². The van der Waals surface area contributed by atoms with Gasteiger partial charge < -0.3 is 15.2 Å². The number of hydrogen-bond donors (Lipinski definition) is 1. The molecule has 0 fully saturated rings. The molecule has 0 rings (SSSR count). The zero-order chi connectivity index (χ0) is 8.53. The first-order chi connectivity index (χ1) is 5.27. The minimum absolute atomic E-state index is 0. The SMILES string of the molecule is C/C=C/CCCNCC(=O)[O-].[K+]. The first-order valence-electron chi connectivity index (χ1n) is 3.79. The zero-order valence-corrected chi connectivity index (χ0v) is 10.9. The van der Waals surface area contributed by atoms with E-state index in [0.717, 1.165) is 19.4 Å². The van der Waals surface area contributed by atoms with Crippen molar-refractivity contribution in [3.63, 3.8) is 0 Å². The fourth-order valence-corrected chi connectivity index (χ4v) is 0.702. The Labute approximate surface area is 116 Å². The van der Waals surface area contributed by atoms with E-state index in [1.807, 2.05) is 13.0 Å². The Bertz CT molecular complexity index is 137. The van der Waals surface area contributed by atoms with Crippen LogP contribution in [0.5, 0.6) is 0 Å². The summed E-state index contributed by atoms with van der Waals surface area (Å²) >= 11 is 0. The monoisotopic (exact) mass is 195 g/mol. The predicted octanol–water partition coefficient (Wildman–Crippen LogP) is -3.31. The number of unbranched alkanes of at least 4 members (excludes halogenated alkanes) is 1. The standard InChI is InChI=1S/C8H15NO2.K/c1-2-3-4-5-6-9-7-8(10)11;/h2-3,9H,4-7H2,1H3,(H,10,11);/q;+1/p-1/b3-2+;. The van der Waals surface area contributed by atoms with Gasteiger partial charge in [-0.3, -0.25) is 0 Å². The number of allylic oxidation sites excluding steroid dienone is 2. The van der Waals surface area contributed by atoms with Gasteiger partial charge in [-0.2, -0.15) is 0 Å². The van der Waals surface area contributed by atoms with Crippen molar-refractivity contribution in [2.45, 2.75) is 19.8 Å². The second kappa shape index (κ2) is 11.8. The summed E-state index contributed by atoms with van der Waals surface area (Å²) in [5.41, 5.74) is 0. The van der Waals surface area contributed by atoms with E-state index in [-0.39, 0.29) is 57.9 Å². The number of rotatable bonds is 6. The summed E-state index contributed by atoms with van der Waals surface area (Å²) in [5, 5.41) is 12.6. The van der Waals surface area contributed by atoms with Gasteiger partial charge in [-0.1, -0.05) is 12.2 Å². The van der Waals surface area contributed by atoms with Gasteiger partial charge in [0, 0.05) is 6.54 Å². The summed E-state index contributed by atoms with van der Waals surface area (Å²) in [6.07, 6.45) is 6.01. The summed E-state index contributed by atoms with van der Waals surface area (Å²) in [5.74, 6) is -1.05. The quantitative estimate of drug-likeness (QED) is 0.274. The van der Waals surface area contributed by atoms with Crippen LogP contribution in [0.25, 0.3) is 0 Å². The first-order valence-corrected chi connectivity index (χ1v) is 3.79. The Balaban J connectivity index is 0. The van der Waals surface area contributed by atoms with Crippen molar-refractivity contribution in [3.8, 4) is 0 Å². The molecule has 0 aromatic carbocycles. The summed E-state index contributed by atoms with van der Waals surface area (Å²) in [7, 11) is 0. The normalized spacial score (nSPS) is 9.75. The Hall–Kier alpha value is 0.806. The van der Waals surface area contributed by atoms with E-state index >= 15 is 0 Å². The van der Waals surface area contributed by atoms with E-state index in [1.54, 1.807) is 0 Å². The molecule has 64 valence electrons. The number of nitrogens with one attached hydrogen (secondary N) is 1. The van der Waals surface area contributed by atoms with Crippen LogP contribution in [-0.2, 0) is 4.79 Å². The van der Waals surface area contributed by atoms with Crippen molar-refractivity contribution >= 4 is 5.97 Å². The largest absolute Gasteiger partial charge is 1.00 e. The summed E-state index contributed by atoms with van der Waals surface area (Å²) in [6.45, 7) is 2.66. The number of carbonyl (C=O) groups is 1. The second-order valence-electron chi connectivity index (χ2n) is 2.26. The van der Waals surface area contributed by atoms with Crippen molar-refractivity contribution in [2.75, 3.05) is 13.1 Å². The molecule has 0 atom stereocenters. The molecule has 0 bridgehead atoms. The molecule has 0 aliphatic rings. The van der Waals surface area contributed by atoms with E-state index in [9.17, 15) is 9.90 Å². The smallest absolute Gasteiger partial charge is 0.549 e. The third kappa shape index (κ3) is 13.4. The number of hydrogen-bond acceptors (Lipinski definition) is 3. The summed E-state index contributed by atoms with van der Waals surface area (Å²) in [6, 6.07) is 0. The Morgan fingerprint density at radius 1 is 1.58 bits per heavy atom. The van der Waals surface area contributed by atoms with Crippen molar-refractivity contribution in [1.82, 2.24) is 5.32 Å². The van der Waals surface area contributed by atoms with E-state index in [4.69, 9.17) is 0 Å². The van der Waals surface area contributed by atoms with Crippen LogP contribution in [0.1, 0.15) is 19.8 Å². The maximum absolute atomic E-state index is 9.90. The Kier molecular flexibility index (Phi) is 15.0.